The van der Waals surface area contributed by atoms with Crippen LogP contribution in [0.25, 0.3) is 0 Å². The highest BCUT2D eigenvalue weighted by molar-refractivity contribution is 5.37. The molecule has 3 nitrogen and oxygen atoms in total. The normalized spacial score (nSPS) is 38.4. The van der Waals surface area contributed by atoms with E-state index in [0.717, 1.165) is 28.9 Å². The lowest BCUT2D eigenvalue weighted by Crippen LogP contribution is -2.36. The molecule has 0 heterocycles. The van der Waals surface area contributed by atoms with Crippen molar-refractivity contribution in [2.75, 3.05) is 0 Å². The number of fused-ring (bicyclic) bond motifs is 1. The molecule has 0 aliphatic heterocycles. The summed E-state index contributed by atoms with van der Waals surface area (Å²) in [4.78, 5) is 4.37. The molecule has 5 atom stereocenters. The fourth-order valence-corrected chi connectivity index (χ4v) is 6.74. The lowest BCUT2D eigenvalue weighted by atomic mass is 9.60. The van der Waals surface area contributed by atoms with Gasteiger partial charge < -0.3 is 5.11 Å². The summed E-state index contributed by atoms with van der Waals surface area (Å²) in [5.74, 6) is 1.68. The molecule has 0 amide bonds. The van der Waals surface area contributed by atoms with Crippen molar-refractivity contribution in [1.82, 2.24) is 0 Å². The van der Waals surface area contributed by atoms with Crippen molar-refractivity contribution >= 4 is 0 Å². The van der Waals surface area contributed by atoms with Gasteiger partial charge in [-0.2, -0.15) is 0 Å². The monoisotopic (exact) mass is 416 g/mol. The smallest absolute Gasteiger partial charge is 0.203 e. The number of aliphatic hydroxyl groups is 1. The number of rotatable bonds is 7. The lowest BCUT2D eigenvalue weighted by molar-refractivity contribution is -0.394. The Balaban J connectivity index is 1.72. The predicted octanol–water partition coefficient (Wildman–Crippen LogP) is 7.44. The van der Waals surface area contributed by atoms with Crippen molar-refractivity contribution in [3.63, 3.8) is 0 Å². The zero-order valence-electron chi connectivity index (χ0n) is 19.8. The summed E-state index contributed by atoms with van der Waals surface area (Å²) in [5, 5.41) is 19.4. The van der Waals surface area contributed by atoms with Gasteiger partial charge in [-0.1, -0.05) is 76.8 Å². The molecule has 3 aliphatic rings. The number of hydrogen-bond donors (Lipinski definition) is 2. The first-order valence-electron chi connectivity index (χ1n) is 12.3. The van der Waals surface area contributed by atoms with Crippen LogP contribution >= 0.6 is 0 Å². The van der Waals surface area contributed by atoms with Gasteiger partial charge in [0.25, 0.3) is 0 Å². The van der Waals surface area contributed by atoms with Crippen LogP contribution in [0.4, 0.5) is 0 Å². The molecule has 3 saturated carbocycles. The minimum atomic E-state index is -1.46. The Hall–Kier alpha value is -0.900. The zero-order valence-corrected chi connectivity index (χ0v) is 19.8. The van der Waals surface area contributed by atoms with Crippen LogP contribution in [-0.2, 0) is 4.89 Å². The predicted molar refractivity (Wildman–Crippen MR) is 124 cm³/mol. The van der Waals surface area contributed by atoms with Crippen molar-refractivity contribution in [2.24, 2.45) is 29.1 Å². The second-order valence-electron chi connectivity index (χ2n) is 11.1. The van der Waals surface area contributed by atoms with Gasteiger partial charge in [-0.15, -0.1) is 0 Å². The molecule has 0 radical (unpaired) electrons. The second-order valence-corrected chi connectivity index (χ2v) is 11.1. The third-order valence-electron chi connectivity index (χ3n) is 8.57. The van der Waals surface area contributed by atoms with Crippen molar-refractivity contribution in [3.05, 3.63) is 35.5 Å². The molecule has 0 spiro atoms. The highest BCUT2D eigenvalue weighted by Gasteiger charge is 2.50. The van der Waals surface area contributed by atoms with Gasteiger partial charge in [-0.3, -0.25) is 0 Å². The molecular formula is C27H44O3. The summed E-state index contributed by atoms with van der Waals surface area (Å²) in [7, 11) is 0. The van der Waals surface area contributed by atoms with Crippen LogP contribution in [0.3, 0.4) is 0 Å². The first-order valence-corrected chi connectivity index (χ1v) is 12.3. The van der Waals surface area contributed by atoms with E-state index >= 15 is 0 Å². The highest BCUT2D eigenvalue weighted by Crippen LogP contribution is 2.60. The third-order valence-corrected chi connectivity index (χ3v) is 8.57. The van der Waals surface area contributed by atoms with Gasteiger partial charge in [-0.25, -0.2) is 10.1 Å². The fourth-order valence-electron chi connectivity index (χ4n) is 6.74. The van der Waals surface area contributed by atoms with Gasteiger partial charge in [0.2, 0.25) is 5.79 Å². The molecule has 3 heteroatoms. The maximum Gasteiger partial charge on any atom is 0.203 e. The summed E-state index contributed by atoms with van der Waals surface area (Å²) < 4.78 is 0. The summed E-state index contributed by atoms with van der Waals surface area (Å²) in [6, 6.07) is 0. The van der Waals surface area contributed by atoms with Gasteiger partial charge >= 0.3 is 0 Å². The lowest BCUT2D eigenvalue weighted by Gasteiger charge is -2.44. The maximum absolute atomic E-state index is 10.3. The molecule has 3 rings (SSSR count). The number of hydrogen-bond acceptors (Lipinski definition) is 3. The van der Waals surface area contributed by atoms with E-state index in [9.17, 15) is 5.11 Å². The molecule has 0 unspecified atom stereocenters. The Morgan fingerprint density at radius 2 is 1.90 bits per heavy atom. The SMILES string of the molecule is C=C1CC[C@](O)(OO)C/C1=C/C=C1CCC[C@]2(C)[C@@H]([C@H](C)CCCC(C)C)CC[C@@H]12. The third kappa shape index (κ3) is 5.11. The van der Waals surface area contributed by atoms with Crippen LogP contribution in [0, 0.1) is 29.1 Å². The molecular weight excluding hydrogens is 372 g/mol. The molecule has 0 saturated heterocycles. The van der Waals surface area contributed by atoms with E-state index in [1.807, 2.05) is 0 Å². The summed E-state index contributed by atoms with van der Waals surface area (Å²) in [6.07, 6.45) is 16.4. The Morgan fingerprint density at radius 3 is 2.60 bits per heavy atom. The van der Waals surface area contributed by atoms with Crippen molar-refractivity contribution < 1.29 is 15.3 Å². The average molecular weight is 417 g/mol. The van der Waals surface area contributed by atoms with E-state index < -0.39 is 5.79 Å². The van der Waals surface area contributed by atoms with Crippen molar-refractivity contribution in [1.29, 1.82) is 0 Å². The largest absolute Gasteiger partial charge is 0.363 e. The van der Waals surface area contributed by atoms with E-state index in [4.69, 9.17) is 5.26 Å². The topological polar surface area (TPSA) is 49.7 Å². The van der Waals surface area contributed by atoms with E-state index in [1.54, 1.807) is 5.57 Å². The van der Waals surface area contributed by atoms with Crippen LogP contribution in [-0.4, -0.2) is 16.2 Å². The van der Waals surface area contributed by atoms with E-state index in [1.165, 1.54) is 51.4 Å². The molecule has 0 aromatic rings. The molecule has 3 aliphatic carbocycles. The Morgan fingerprint density at radius 1 is 1.13 bits per heavy atom. The fraction of sp³-hybridized carbons (Fsp3) is 0.778. The molecule has 170 valence electrons. The molecule has 2 N–H and O–H groups in total. The zero-order chi connectivity index (χ0) is 21.9. The molecule has 3 fully saturated rings. The maximum atomic E-state index is 10.3. The quantitative estimate of drug-likeness (QED) is 0.258. The van der Waals surface area contributed by atoms with Crippen LogP contribution in [0.5, 0.6) is 0 Å². The van der Waals surface area contributed by atoms with E-state index in [-0.39, 0.29) is 0 Å². The van der Waals surface area contributed by atoms with Gasteiger partial charge in [-0.05, 0) is 73.2 Å². The standard InChI is InChI=1S/C27H44O3/c1-19(2)8-6-9-21(4)24-13-14-25-22(10-7-16-26(24,25)5)11-12-23-18-27(28,30-29)17-15-20(23)3/h11-12,19,21,24-25,28-29H,3,6-10,13-18H2,1-2,4-5H3/b22-11?,23-12-/t21-,24-,25+,26-,27+/m1/s1. The Bertz CT molecular complexity index is 676. The summed E-state index contributed by atoms with van der Waals surface area (Å²) >= 11 is 0. The minimum Gasteiger partial charge on any atom is -0.363 e. The van der Waals surface area contributed by atoms with Crippen LogP contribution < -0.4 is 0 Å². The van der Waals surface area contributed by atoms with Gasteiger partial charge in [0, 0.05) is 12.8 Å². The van der Waals surface area contributed by atoms with E-state index in [0.29, 0.717) is 30.6 Å². The molecule has 0 aromatic carbocycles. The highest BCUT2D eigenvalue weighted by atomic mass is 17.1. The first-order chi connectivity index (χ1) is 14.2. The van der Waals surface area contributed by atoms with Crippen molar-refractivity contribution in [3.8, 4) is 0 Å². The van der Waals surface area contributed by atoms with Crippen LogP contribution in [0.2, 0.25) is 0 Å². The summed E-state index contributed by atoms with van der Waals surface area (Å²) in [6.45, 7) is 13.9. The van der Waals surface area contributed by atoms with Gasteiger partial charge in [0.15, 0.2) is 0 Å². The number of allylic oxidation sites excluding steroid dienone is 4. The molecule has 0 aromatic heterocycles. The van der Waals surface area contributed by atoms with Gasteiger partial charge in [0.1, 0.15) is 0 Å². The first kappa shape index (κ1) is 23.8. The molecule has 0 bridgehead atoms. The Labute approximate surface area is 184 Å². The summed E-state index contributed by atoms with van der Waals surface area (Å²) in [5.41, 5.74) is 4.07. The van der Waals surface area contributed by atoms with Crippen LogP contribution in [0.1, 0.15) is 98.3 Å². The second kappa shape index (κ2) is 9.71. The minimum absolute atomic E-state index is 0.309. The van der Waals surface area contributed by atoms with Gasteiger partial charge in [0.05, 0.1) is 0 Å². The molecule has 30 heavy (non-hydrogen) atoms. The Kier molecular flexibility index (Phi) is 7.69. The van der Waals surface area contributed by atoms with Crippen molar-refractivity contribution in [2.45, 2.75) is 104 Å². The van der Waals surface area contributed by atoms with Crippen LogP contribution in [0.15, 0.2) is 35.5 Å². The average Bonchev–Trinajstić information content (AvgIpc) is 3.06. The van der Waals surface area contributed by atoms with E-state index in [2.05, 4.69) is 51.3 Å².